The molecule has 0 unspecified atom stereocenters. The van der Waals surface area contributed by atoms with E-state index in [0.717, 1.165) is 49.8 Å². The van der Waals surface area contributed by atoms with Crippen molar-refractivity contribution in [2.24, 2.45) is 5.92 Å². The zero-order valence-corrected chi connectivity index (χ0v) is 16.0. The van der Waals surface area contributed by atoms with Gasteiger partial charge in [0.05, 0.1) is 6.61 Å². The molecule has 2 aromatic rings. The third kappa shape index (κ3) is 3.87. The highest BCUT2D eigenvalue weighted by Crippen LogP contribution is 2.51. The number of rotatable bonds is 6. The summed E-state index contributed by atoms with van der Waals surface area (Å²) in [6.45, 7) is 2.33. The summed E-state index contributed by atoms with van der Waals surface area (Å²) in [7, 11) is 0. The van der Waals surface area contributed by atoms with E-state index in [9.17, 15) is 9.90 Å². The van der Waals surface area contributed by atoms with Crippen LogP contribution in [0.15, 0.2) is 48.5 Å². The number of carbonyl (C=O) groups excluding carboxylic acids is 1. The van der Waals surface area contributed by atoms with Gasteiger partial charge >= 0.3 is 0 Å². The number of ether oxygens (including phenoxy) is 1. The highest BCUT2D eigenvalue weighted by molar-refractivity contribution is 5.78. The Morgan fingerprint density at radius 2 is 1.70 bits per heavy atom. The summed E-state index contributed by atoms with van der Waals surface area (Å²) in [6.07, 6.45) is 6.34. The minimum Gasteiger partial charge on any atom is -0.508 e. The van der Waals surface area contributed by atoms with E-state index < -0.39 is 0 Å². The maximum atomic E-state index is 11.5. The summed E-state index contributed by atoms with van der Waals surface area (Å²) in [6, 6.07) is 16.1. The molecule has 0 heterocycles. The Morgan fingerprint density at radius 1 is 1.04 bits per heavy atom. The molecule has 0 aliphatic heterocycles. The number of hydrogen-bond donors (Lipinski definition) is 1. The first-order valence-electron chi connectivity index (χ1n) is 10.1. The molecule has 1 N–H and O–H groups in total. The Kier molecular flexibility index (Phi) is 4.94. The van der Waals surface area contributed by atoms with Crippen LogP contribution in [0.4, 0.5) is 0 Å². The SMILES string of the molecule is CC(=O)C1CCC(c2ccc(OCC3(c4ccccc4O)CC3)cc2)CC1. The van der Waals surface area contributed by atoms with E-state index in [1.54, 1.807) is 13.0 Å². The van der Waals surface area contributed by atoms with Gasteiger partial charge in [-0.2, -0.15) is 0 Å². The number of benzene rings is 2. The quantitative estimate of drug-likeness (QED) is 0.750. The lowest BCUT2D eigenvalue weighted by atomic mass is 9.77. The van der Waals surface area contributed by atoms with Crippen LogP contribution in [-0.4, -0.2) is 17.5 Å². The zero-order valence-electron chi connectivity index (χ0n) is 16.0. The molecule has 0 spiro atoms. The average Bonchev–Trinajstić information content (AvgIpc) is 3.48. The lowest BCUT2D eigenvalue weighted by molar-refractivity contribution is -0.121. The maximum absolute atomic E-state index is 11.5. The molecule has 2 saturated carbocycles. The first-order valence-corrected chi connectivity index (χ1v) is 10.1. The van der Waals surface area contributed by atoms with E-state index >= 15 is 0 Å². The largest absolute Gasteiger partial charge is 0.508 e. The molecule has 2 fully saturated rings. The van der Waals surface area contributed by atoms with Crippen LogP contribution in [0.2, 0.25) is 0 Å². The number of hydrogen-bond acceptors (Lipinski definition) is 3. The van der Waals surface area contributed by atoms with Crippen LogP contribution in [0, 0.1) is 5.92 Å². The van der Waals surface area contributed by atoms with Crippen molar-refractivity contribution >= 4 is 5.78 Å². The van der Waals surface area contributed by atoms with Crippen molar-refractivity contribution in [3.05, 3.63) is 59.7 Å². The summed E-state index contributed by atoms with van der Waals surface area (Å²) in [4.78, 5) is 11.5. The summed E-state index contributed by atoms with van der Waals surface area (Å²) in [5.41, 5.74) is 2.32. The van der Waals surface area contributed by atoms with Gasteiger partial charge in [0.25, 0.3) is 0 Å². The van der Waals surface area contributed by atoms with Crippen LogP contribution in [0.3, 0.4) is 0 Å². The number of Topliss-reactive ketones (excluding diaryl/α,β-unsaturated/α-hetero) is 1. The van der Waals surface area contributed by atoms with Crippen molar-refractivity contribution in [1.29, 1.82) is 0 Å². The number of phenolic OH excluding ortho intramolecular Hbond substituents is 1. The van der Waals surface area contributed by atoms with Crippen molar-refractivity contribution in [2.45, 2.75) is 56.8 Å². The van der Waals surface area contributed by atoms with Gasteiger partial charge < -0.3 is 9.84 Å². The maximum Gasteiger partial charge on any atom is 0.132 e. The molecular weight excluding hydrogens is 336 g/mol. The highest BCUT2D eigenvalue weighted by atomic mass is 16.5. The fourth-order valence-corrected chi connectivity index (χ4v) is 4.46. The van der Waals surface area contributed by atoms with Gasteiger partial charge in [0, 0.05) is 16.9 Å². The lowest BCUT2D eigenvalue weighted by Gasteiger charge is -2.27. The Morgan fingerprint density at radius 3 is 2.30 bits per heavy atom. The fraction of sp³-hybridized carbons (Fsp3) is 0.458. The molecule has 0 atom stereocenters. The summed E-state index contributed by atoms with van der Waals surface area (Å²) in [5, 5.41) is 10.1. The molecule has 2 aliphatic rings. The van der Waals surface area contributed by atoms with Gasteiger partial charge in [-0.05, 0) is 75.1 Å². The van der Waals surface area contributed by atoms with Crippen LogP contribution >= 0.6 is 0 Å². The van der Waals surface area contributed by atoms with Crippen LogP contribution in [0.25, 0.3) is 0 Å². The first kappa shape index (κ1) is 18.1. The summed E-state index contributed by atoms with van der Waals surface area (Å²) < 4.78 is 6.08. The van der Waals surface area contributed by atoms with E-state index in [2.05, 4.69) is 24.3 Å². The van der Waals surface area contributed by atoms with Gasteiger partial charge in [-0.15, -0.1) is 0 Å². The molecule has 3 heteroatoms. The molecule has 0 aromatic heterocycles. The monoisotopic (exact) mass is 364 g/mol. The van der Waals surface area contributed by atoms with Crippen molar-refractivity contribution in [1.82, 2.24) is 0 Å². The van der Waals surface area contributed by atoms with Crippen molar-refractivity contribution in [3.8, 4) is 11.5 Å². The standard InChI is InChI=1S/C24H28O3/c1-17(25)18-6-8-19(9-7-18)20-10-12-21(13-11-20)27-16-24(14-15-24)22-4-2-3-5-23(22)26/h2-5,10-13,18-19,26H,6-9,14-16H2,1H3. The van der Waals surface area contributed by atoms with Gasteiger partial charge in [0.2, 0.25) is 0 Å². The minimum atomic E-state index is -0.0327. The Bertz CT molecular complexity index is 797. The first-order chi connectivity index (χ1) is 13.1. The topological polar surface area (TPSA) is 46.5 Å². The third-order valence-corrected chi connectivity index (χ3v) is 6.50. The summed E-state index contributed by atoms with van der Waals surface area (Å²) in [5.74, 6) is 2.43. The Balaban J connectivity index is 1.35. The van der Waals surface area contributed by atoms with Crippen molar-refractivity contribution < 1.29 is 14.6 Å². The lowest BCUT2D eigenvalue weighted by Crippen LogP contribution is -2.19. The van der Waals surface area contributed by atoms with Gasteiger partial charge in [-0.1, -0.05) is 30.3 Å². The Labute approximate surface area is 161 Å². The fourth-order valence-electron chi connectivity index (χ4n) is 4.46. The predicted molar refractivity (Wildman–Crippen MR) is 106 cm³/mol. The number of carbonyl (C=O) groups is 1. The van der Waals surface area contributed by atoms with Gasteiger partial charge in [0.1, 0.15) is 17.3 Å². The van der Waals surface area contributed by atoms with Crippen molar-refractivity contribution in [3.63, 3.8) is 0 Å². The zero-order chi connectivity index (χ0) is 18.9. The Hall–Kier alpha value is -2.29. The van der Waals surface area contributed by atoms with Crippen LogP contribution in [0.5, 0.6) is 11.5 Å². The van der Waals surface area contributed by atoms with Crippen LogP contribution in [0.1, 0.15) is 62.5 Å². The molecule has 3 nitrogen and oxygen atoms in total. The molecule has 27 heavy (non-hydrogen) atoms. The second-order valence-corrected chi connectivity index (χ2v) is 8.31. The second kappa shape index (κ2) is 7.38. The van der Waals surface area contributed by atoms with Gasteiger partial charge in [-0.3, -0.25) is 4.79 Å². The van der Waals surface area contributed by atoms with E-state index in [0.29, 0.717) is 24.1 Å². The van der Waals surface area contributed by atoms with E-state index in [1.165, 1.54) is 5.56 Å². The van der Waals surface area contributed by atoms with E-state index in [-0.39, 0.29) is 11.3 Å². The molecule has 4 rings (SSSR count). The summed E-state index contributed by atoms with van der Waals surface area (Å²) >= 11 is 0. The van der Waals surface area contributed by atoms with Crippen LogP contribution in [-0.2, 0) is 10.2 Å². The molecule has 0 bridgehead atoms. The number of ketones is 1. The number of para-hydroxylation sites is 1. The molecule has 0 radical (unpaired) electrons. The number of phenols is 1. The molecule has 0 saturated heterocycles. The van der Waals surface area contributed by atoms with E-state index in [1.807, 2.05) is 18.2 Å². The molecule has 0 amide bonds. The van der Waals surface area contributed by atoms with E-state index in [4.69, 9.17) is 4.74 Å². The smallest absolute Gasteiger partial charge is 0.132 e. The molecular formula is C24H28O3. The predicted octanol–water partition coefficient (Wildman–Crippen LogP) is 5.37. The second-order valence-electron chi connectivity index (χ2n) is 8.31. The average molecular weight is 364 g/mol. The highest BCUT2D eigenvalue weighted by Gasteiger charge is 2.46. The molecule has 2 aliphatic carbocycles. The molecule has 142 valence electrons. The van der Waals surface area contributed by atoms with Crippen LogP contribution < -0.4 is 4.74 Å². The van der Waals surface area contributed by atoms with Gasteiger partial charge in [0.15, 0.2) is 0 Å². The molecule has 2 aromatic carbocycles. The van der Waals surface area contributed by atoms with Gasteiger partial charge in [-0.25, -0.2) is 0 Å². The third-order valence-electron chi connectivity index (χ3n) is 6.50. The number of aromatic hydroxyl groups is 1. The van der Waals surface area contributed by atoms with Crippen molar-refractivity contribution in [2.75, 3.05) is 6.61 Å². The normalized spacial score (nSPS) is 23.6. The minimum absolute atomic E-state index is 0.0327.